The van der Waals surface area contributed by atoms with Gasteiger partial charge in [-0.25, -0.2) is 9.67 Å². The van der Waals surface area contributed by atoms with Gasteiger partial charge < -0.3 is 9.84 Å². The number of nitrogens with zero attached hydrogens (tertiary/aromatic N) is 3. The third-order valence-electron chi connectivity index (χ3n) is 3.85. The van der Waals surface area contributed by atoms with E-state index in [0.717, 1.165) is 25.2 Å². The Hall–Kier alpha value is -0.940. The molecule has 0 spiro atoms. The predicted molar refractivity (Wildman–Crippen MR) is 79.5 cm³/mol. The van der Waals surface area contributed by atoms with Gasteiger partial charge in [0.05, 0.1) is 11.7 Å². The van der Waals surface area contributed by atoms with Gasteiger partial charge in [-0.1, -0.05) is 27.7 Å². The number of hydrogen-bond donors (Lipinski definition) is 1. The van der Waals surface area contributed by atoms with Gasteiger partial charge in [-0.2, -0.15) is 5.10 Å². The van der Waals surface area contributed by atoms with Crippen LogP contribution in [0.5, 0.6) is 0 Å². The average Bonchev–Trinajstić information content (AvgIpc) is 2.82. The summed E-state index contributed by atoms with van der Waals surface area (Å²) in [5, 5.41) is 14.9. The Labute approximate surface area is 122 Å². The van der Waals surface area contributed by atoms with Crippen LogP contribution in [0.2, 0.25) is 0 Å². The molecule has 0 aliphatic carbocycles. The average molecular weight is 283 g/mol. The SMILES string of the molecule is CCOC(CC)(CC)C(O)Cc1ncnn1CC(C)C. The highest BCUT2D eigenvalue weighted by Crippen LogP contribution is 2.27. The minimum atomic E-state index is -0.562. The third-order valence-corrected chi connectivity index (χ3v) is 3.85. The van der Waals surface area contributed by atoms with Gasteiger partial charge in [0.25, 0.3) is 0 Å². The maximum absolute atomic E-state index is 10.6. The fourth-order valence-corrected chi connectivity index (χ4v) is 2.61. The van der Waals surface area contributed by atoms with Crippen LogP contribution in [0.25, 0.3) is 0 Å². The topological polar surface area (TPSA) is 60.2 Å². The van der Waals surface area contributed by atoms with Crippen molar-refractivity contribution in [3.63, 3.8) is 0 Å². The monoisotopic (exact) mass is 283 g/mol. The quantitative estimate of drug-likeness (QED) is 0.756. The van der Waals surface area contributed by atoms with E-state index in [-0.39, 0.29) is 0 Å². The standard InChI is InChI=1S/C15H29N3O2/c1-6-15(7-2,20-8-3)13(19)9-14-16-11-17-18(14)10-12(4)5/h11-13,19H,6-10H2,1-5H3. The van der Waals surface area contributed by atoms with Crippen LogP contribution in [0.15, 0.2) is 6.33 Å². The molecule has 5 nitrogen and oxygen atoms in total. The molecule has 116 valence electrons. The molecular formula is C15H29N3O2. The van der Waals surface area contributed by atoms with Crippen molar-refractivity contribution in [2.75, 3.05) is 6.61 Å². The minimum Gasteiger partial charge on any atom is -0.390 e. The highest BCUT2D eigenvalue weighted by Gasteiger charge is 2.36. The summed E-state index contributed by atoms with van der Waals surface area (Å²) in [4.78, 5) is 4.29. The van der Waals surface area contributed by atoms with Crippen molar-refractivity contribution in [3.8, 4) is 0 Å². The van der Waals surface area contributed by atoms with E-state index < -0.39 is 11.7 Å². The molecule has 20 heavy (non-hydrogen) atoms. The van der Waals surface area contributed by atoms with Gasteiger partial charge in [-0.05, 0) is 25.7 Å². The third kappa shape index (κ3) is 4.03. The first-order valence-electron chi connectivity index (χ1n) is 7.67. The zero-order chi connectivity index (χ0) is 15.2. The van der Waals surface area contributed by atoms with Crippen LogP contribution in [0.3, 0.4) is 0 Å². The predicted octanol–water partition coefficient (Wildman–Crippen LogP) is 2.43. The maximum atomic E-state index is 10.6. The molecule has 1 unspecified atom stereocenters. The number of ether oxygens (including phenoxy) is 1. The van der Waals surface area contributed by atoms with Crippen molar-refractivity contribution in [2.24, 2.45) is 5.92 Å². The van der Waals surface area contributed by atoms with Crippen molar-refractivity contribution in [3.05, 3.63) is 12.2 Å². The van der Waals surface area contributed by atoms with Crippen molar-refractivity contribution in [1.29, 1.82) is 0 Å². The minimum absolute atomic E-state index is 0.481. The largest absolute Gasteiger partial charge is 0.390 e. The summed E-state index contributed by atoms with van der Waals surface area (Å²) >= 11 is 0. The smallest absolute Gasteiger partial charge is 0.138 e. The molecule has 0 fully saturated rings. The zero-order valence-corrected chi connectivity index (χ0v) is 13.5. The molecule has 0 aliphatic rings. The van der Waals surface area contributed by atoms with Gasteiger partial charge in [-0.3, -0.25) is 0 Å². The molecule has 1 rings (SSSR count). The summed E-state index contributed by atoms with van der Waals surface area (Å²) in [7, 11) is 0. The van der Waals surface area contributed by atoms with E-state index >= 15 is 0 Å². The highest BCUT2D eigenvalue weighted by molar-refractivity contribution is 4.96. The molecule has 0 saturated heterocycles. The molecular weight excluding hydrogens is 254 g/mol. The summed E-state index contributed by atoms with van der Waals surface area (Å²) < 4.78 is 7.74. The Morgan fingerprint density at radius 2 is 1.95 bits per heavy atom. The summed E-state index contributed by atoms with van der Waals surface area (Å²) in [5.41, 5.74) is -0.483. The van der Waals surface area contributed by atoms with E-state index in [2.05, 4.69) is 37.8 Å². The molecule has 0 aromatic carbocycles. The van der Waals surface area contributed by atoms with Gasteiger partial charge in [0.15, 0.2) is 0 Å². The lowest BCUT2D eigenvalue weighted by atomic mass is 9.88. The van der Waals surface area contributed by atoms with Crippen molar-refractivity contribution in [1.82, 2.24) is 14.8 Å². The van der Waals surface area contributed by atoms with Gasteiger partial charge >= 0.3 is 0 Å². The number of hydrogen-bond acceptors (Lipinski definition) is 4. The van der Waals surface area contributed by atoms with Crippen LogP contribution >= 0.6 is 0 Å². The first-order valence-corrected chi connectivity index (χ1v) is 7.67. The normalized spacial score (nSPS) is 13.9. The summed E-state index contributed by atoms with van der Waals surface area (Å²) in [6.07, 6.45) is 3.06. The lowest BCUT2D eigenvalue weighted by molar-refractivity contribution is -0.125. The highest BCUT2D eigenvalue weighted by atomic mass is 16.5. The molecule has 1 heterocycles. The lowest BCUT2D eigenvalue weighted by Crippen LogP contribution is -2.45. The number of aliphatic hydroxyl groups is 1. The Morgan fingerprint density at radius 1 is 1.30 bits per heavy atom. The Balaban J connectivity index is 2.83. The van der Waals surface area contributed by atoms with E-state index in [1.807, 2.05) is 11.6 Å². The molecule has 0 aliphatic heterocycles. The molecule has 0 amide bonds. The summed E-state index contributed by atoms with van der Waals surface area (Å²) in [6, 6.07) is 0. The zero-order valence-electron chi connectivity index (χ0n) is 13.5. The van der Waals surface area contributed by atoms with Gasteiger partial charge in [0.1, 0.15) is 12.2 Å². The molecule has 1 atom stereocenters. The Morgan fingerprint density at radius 3 is 2.45 bits per heavy atom. The van der Waals surface area contributed by atoms with E-state index in [1.54, 1.807) is 6.33 Å². The first-order chi connectivity index (χ1) is 9.49. The van der Waals surface area contributed by atoms with Crippen molar-refractivity contribution in [2.45, 2.75) is 72.1 Å². The summed E-state index contributed by atoms with van der Waals surface area (Å²) in [5.74, 6) is 1.33. The van der Waals surface area contributed by atoms with Crippen LogP contribution in [0, 0.1) is 5.92 Å². The van der Waals surface area contributed by atoms with E-state index in [4.69, 9.17) is 4.74 Å². The number of aromatic nitrogens is 3. The van der Waals surface area contributed by atoms with E-state index in [1.165, 1.54) is 0 Å². The van der Waals surface area contributed by atoms with Crippen molar-refractivity contribution < 1.29 is 9.84 Å². The molecule has 1 aromatic rings. The molecule has 5 heteroatoms. The number of aliphatic hydroxyl groups excluding tert-OH is 1. The van der Waals surface area contributed by atoms with E-state index in [9.17, 15) is 5.11 Å². The van der Waals surface area contributed by atoms with Crippen LogP contribution in [-0.2, 0) is 17.7 Å². The second-order valence-corrected chi connectivity index (χ2v) is 5.68. The van der Waals surface area contributed by atoms with Crippen LogP contribution in [-0.4, -0.2) is 38.2 Å². The van der Waals surface area contributed by atoms with Crippen LogP contribution in [0.4, 0.5) is 0 Å². The molecule has 1 N–H and O–H groups in total. The Kier molecular flexibility index (Phi) is 6.62. The molecule has 1 aromatic heterocycles. The molecule has 0 saturated carbocycles. The fourth-order valence-electron chi connectivity index (χ4n) is 2.61. The van der Waals surface area contributed by atoms with Gasteiger partial charge in [0, 0.05) is 19.6 Å². The lowest BCUT2D eigenvalue weighted by Gasteiger charge is -2.36. The number of rotatable bonds is 9. The van der Waals surface area contributed by atoms with Crippen LogP contribution in [0.1, 0.15) is 53.3 Å². The van der Waals surface area contributed by atoms with Crippen LogP contribution < -0.4 is 0 Å². The molecule has 0 bridgehead atoms. The second-order valence-electron chi connectivity index (χ2n) is 5.68. The fraction of sp³-hybridized carbons (Fsp3) is 0.867. The summed E-state index contributed by atoms with van der Waals surface area (Å²) in [6.45, 7) is 11.8. The van der Waals surface area contributed by atoms with Crippen molar-refractivity contribution >= 4 is 0 Å². The van der Waals surface area contributed by atoms with Gasteiger partial charge in [-0.15, -0.1) is 0 Å². The first kappa shape index (κ1) is 17.1. The Bertz CT molecular complexity index is 386. The second kappa shape index (κ2) is 7.74. The van der Waals surface area contributed by atoms with E-state index in [0.29, 0.717) is 18.9 Å². The molecule has 0 radical (unpaired) electrons. The van der Waals surface area contributed by atoms with Gasteiger partial charge in [0.2, 0.25) is 0 Å². The maximum Gasteiger partial charge on any atom is 0.138 e.